The van der Waals surface area contributed by atoms with Gasteiger partial charge in [-0.1, -0.05) is 82.2 Å². The number of allylic oxidation sites excluding steroid dienone is 4. The molecule has 0 N–H and O–H groups in total. The Balaban J connectivity index is 0.000000861. The fourth-order valence-corrected chi connectivity index (χ4v) is 2.96. The molecule has 1 aromatic rings. The van der Waals surface area contributed by atoms with Gasteiger partial charge in [0.05, 0.1) is 0 Å². The summed E-state index contributed by atoms with van der Waals surface area (Å²) < 4.78 is 0. The summed E-state index contributed by atoms with van der Waals surface area (Å²) in [7, 11) is 0. The maximum Gasteiger partial charge on any atom is 0.00601 e. The Morgan fingerprint density at radius 3 is 2.32 bits per heavy atom. The van der Waals surface area contributed by atoms with E-state index in [-0.39, 0.29) is 0 Å². The van der Waals surface area contributed by atoms with Crippen LogP contribution in [0.2, 0.25) is 0 Å². The average Bonchev–Trinajstić information content (AvgIpc) is 2.73. The van der Waals surface area contributed by atoms with E-state index in [0.717, 1.165) is 0 Å². The van der Waals surface area contributed by atoms with Gasteiger partial charge in [0.1, 0.15) is 0 Å². The predicted molar refractivity (Wildman–Crippen MR) is 86.8 cm³/mol. The van der Waals surface area contributed by atoms with Crippen LogP contribution >= 0.6 is 0 Å². The predicted octanol–water partition coefficient (Wildman–Crippen LogP) is 6.22. The van der Waals surface area contributed by atoms with Crippen molar-refractivity contribution in [1.29, 1.82) is 0 Å². The highest BCUT2D eigenvalue weighted by atomic mass is 14.3. The molecule has 0 fully saturated rings. The number of hydrogen-bond donors (Lipinski definition) is 0. The molecule has 0 saturated carbocycles. The van der Waals surface area contributed by atoms with Crippen LogP contribution in [0.1, 0.15) is 70.4 Å². The molecule has 0 heterocycles. The molecule has 0 aliphatic heterocycles. The Labute approximate surface area is 119 Å². The molecule has 1 aromatic carbocycles. The quantitative estimate of drug-likeness (QED) is 0.602. The van der Waals surface area contributed by atoms with E-state index in [2.05, 4.69) is 63.3 Å². The first-order valence-corrected chi connectivity index (χ1v) is 7.71. The van der Waals surface area contributed by atoms with E-state index in [1.165, 1.54) is 18.4 Å². The van der Waals surface area contributed by atoms with Crippen molar-refractivity contribution >= 4 is 0 Å². The molecule has 2 unspecified atom stereocenters. The van der Waals surface area contributed by atoms with Crippen molar-refractivity contribution in [2.45, 2.75) is 59.3 Å². The summed E-state index contributed by atoms with van der Waals surface area (Å²) in [5.41, 5.74) is 4.67. The van der Waals surface area contributed by atoms with Gasteiger partial charge in [0, 0.05) is 11.8 Å². The lowest BCUT2D eigenvalue weighted by molar-refractivity contribution is 0.685. The second-order valence-corrected chi connectivity index (χ2v) is 4.88. The lowest BCUT2D eigenvalue weighted by Gasteiger charge is -2.14. The maximum atomic E-state index is 2.34. The minimum absolute atomic E-state index is 0.582. The molecule has 1 aliphatic rings. The summed E-state index contributed by atoms with van der Waals surface area (Å²) in [6, 6.07) is 8.94. The smallest absolute Gasteiger partial charge is 0.00601 e. The zero-order chi connectivity index (χ0) is 14.3. The fraction of sp³-hybridized carbons (Fsp3) is 0.474. The minimum atomic E-state index is 0.582. The van der Waals surface area contributed by atoms with E-state index < -0.39 is 0 Å². The summed E-state index contributed by atoms with van der Waals surface area (Å²) >= 11 is 0. The third-order valence-corrected chi connectivity index (χ3v) is 3.80. The number of rotatable bonds is 3. The van der Waals surface area contributed by atoms with Gasteiger partial charge in [-0.15, -0.1) is 0 Å². The molecule has 0 heteroatoms. The summed E-state index contributed by atoms with van der Waals surface area (Å²) in [4.78, 5) is 0. The largest absolute Gasteiger partial charge is 0.0877 e. The molecule has 1 aliphatic carbocycles. The first kappa shape index (κ1) is 15.8. The lowest BCUT2D eigenvalue weighted by atomic mass is 9.91. The van der Waals surface area contributed by atoms with Crippen molar-refractivity contribution in [3.05, 3.63) is 59.2 Å². The maximum absolute atomic E-state index is 2.34. The molecule has 104 valence electrons. The van der Waals surface area contributed by atoms with E-state index in [9.17, 15) is 0 Å². The van der Waals surface area contributed by atoms with Gasteiger partial charge in [0.25, 0.3) is 0 Å². The Hall–Kier alpha value is -1.30. The van der Waals surface area contributed by atoms with Gasteiger partial charge >= 0.3 is 0 Å². The molecule has 0 amide bonds. The van der Waals surface area contributed by atoms with Gasteiger partial charge in [-0.2, -0.15) is 0 Å². The topological polar surface area (TPSA) is 0 Å². The van der Waals surface area contributed by atoms with Crippen LogP contribution in [0.15, 0.2) is 48.1 Å². The standard InChI is InChI=1S/C17H22.C2H6/c1-4-6-10-14-13(3)15-11-7-8-12-17(15)16(14)9-5-2;1-2/h4,6-8,10-13,16H,5,9H2,1-3H3;1-2H3/b6-4-,14-10+;. The molecule has 19 heavy (non-hydrogen) atoms. The van der Waals surface area contributed by atoms with Crippen LogP contribution in [0.5, 0.6) is 0 Å². The number of fused-ring (bicyclic) bond motifs is 1. The van der Waals surface area contributed by atoms with Crippen molar-refractivity contribution in [2.75, 3.05) is 0 Å². The zero-order valence-electron chi connectivity index (χ0n) is 13.1. The second-order valence-electron chi connectivity index (χ2n) is 4.88. The molecular weight excluding hydrogens is 228 g/mol. The van der Waals surface area contributed by atoms with Crippen molar-refractivity contribution in [3.8, 4) is 0 Å². The molecule has 0 aromatic heterocycles. The van der Waals surface area contributed by atoms with Crippen LogP contribution in [0.3, 0.4) is 0 Å². The highest BCUT2D eigenvalue weighted by Crippen LogP contribution is 2.47. The number of hydrogen-bond acceptors (Lipinski definition) is 0. The first-order chi connectivity index (χ1) is 9.29. The summed E-state index contributed by atoms with van der Waals surface area (Å²) in [6.45, 7) is 10.7. The summed E-state index contributed by atoms with van der Waals surface area (Å²) in [5, 5.41) is 0. The zero-order valence-corrected chi connectivity index (χ0v) is 13.1. The molecular formula is C19H28. The van der Waals surface area contributed by atoms with Crippen LogP contribution in [0, 0.1) is 0 Å². The Morgan fingerprint density at radius 1 is 1.11 bits per heavy atom. The molecule has 0 radical (unpaired) electrons. The summed E-state index contributed by atoms with van der Waals surface area (Å²) in [6.07, 6.45) is 9.14. The van der Waals surface area contributed by atoms with Gasteiger partial charge in [-0.3, -0.25) is 0 Å². The van der Waals surface area contributed by atoms with Crippen molar-refractivity contribution in [3.63, 3.8) is 0 Å². The molecule has 2 atom stereocenters. The van der Waals surface area contributed by atoms with Crippen LogP contribution in [0.4, 0.5) is 0 Å². The second kappa shape index (κ2) is 7.99. The highest BCUT2D eigenvalue weighted by molar-refractivity contribution is 5.50. The molecule has 0 spiro atoms. The van der Waals surface area contributed by atoms with E-state index in [0.29, 0.717) is 11.8 Å². The van der Waals surface area contributed by atoms with Gasteiger partial charge in [0.15, 0.2) is 0 Å². The molecule has 2 rings (SSSR count). The fourth-order valence-electron chi connectivity index (χ4n) is 2.96. The van der Waals surface area contributed by atoms with Crippen LogP contribution < -0.4 is 0 Å². The monoisotopic (exact) mass is 256 g/mol. The van der Waals surface area contributed by atoms with E-state index in [1.54, 1.807) is 11.1 Å². The van der Waals surface area contributed by atoms with Gasteiger partial charge in [0.2, 0.25) is 0 Å². The minimum Gasteiger partial charge on any atom is -0.0877 e. The van der Waals surface area contributed by atoms with Crippen molar-refractivity contribution in [2.24, 2.45) is 0 Å². The van der Waals surface area contributed by atoms with Crippen molar-refractivity contribution < 1.29 is 0 Å². The van der Waals surface area contributed by atoms with Crippen LogP contribution in [0.25, 0.3) is 0 Å². The summed E-state index contributed by atoms with van der Waals surface area (Å²) in [5.74, 6) is 1.22. The average molecular weight is 256 g/mol. The molecule has 0 nitrogen and oxygen atoms in total. The van der Waals surface area contributed by atoms with E-state index in [1.807, 2.05) is 13.8 Å². The number of benzene rings is 1. The van der Waals surface area contributed by atoms with Gasteiger partial charge in [-0.25, -0.2) is 0 Å². The SMILES string of the molecule is C/C=C\C=C1/C(C)c2ccccc2C1CCC.CC. The third kappa shape index (κ3) is 3.37. The van der Waals surface area contributed by atoms with Crippen LogP contribution in [-0.4, -0.2) is 0 Å². The van der Waals surface area contributed by atoms with Crippen molar-refractivity contribution in [1.82, 2.24) is 0 Å². The van der Waals surface area contributed by atoms with Crippen LogP contribution in [-0.2, 0) is 0 Å². The van der Waals surface area contributed by atoms with E-state index in [4.69, 9.17) is 0 Å². The van der Waals surface area contributed by atoms with Gasteiger partial charge in [-0.05, 0) is 24.5 Å². The lowest BCUT2D eigenvalue weighted by Crippen LogP contribution is -1.97. The molecule has 0 bridgehead atoms. The molecule has 0 saturated heterocycles. The third-order valence-electron chi connectivity index (χ3n) is 3.80. The normalized spacial score (nSPS) is 23.3. The van der Waals surface area contributed by atoms with Gasteiger partial charge < -0.3 is 0 Å². The Bertz CT molecular complexity index is 437. The van der Waals surface area contributed by atoms with E-state index >= 15 is 0 Å². The highest BCUT2D eigenvalue weighted by Gasteiger charge is 2.31. The first-order valence-electron chi connectivity index (χ1n) is 7.71. The Morgan fingerprint density at radius 2 is 1.74 bits per heavy atom. The Kier molecular flexibility index (Phi) is 6.62.